The van der Waals surface area contributed by atoms with E-state index >= 15 is 0 Å². The van der Waals surface area contributed by atoms with Crippen molar-refractivity contribution in [1.82, 2.24) is 0 Å². The Morgan fingerprint density at radius 1 is 1.20 bits per heavy atom. The van der Waals surface area contributed by atoms with Gasteiger partial charge in [-0.25, -0.2) is 4.39 Å². The van der Waals surface area contributed by atoms with Crippen LogP contribution in [0.1, 0.15) is 23.4 Å². The monoisotopic (exact) mass is 367 g/mol. The fourth-order valence-electron chi connectivity index (χ4n) is 1.68. The predicted molar refractivity (Wildman–Crippen MR) is 75.5 cm³/mol. The molecule has 0 saturated carbocycles. The molecule has 0 radical (unpaired) electrons. The van der Waals surface area contributed by atoms with Crippen LogP contribution >= 0.6 is 27.3 Å². The topological polar surface area (TPSA) is 12.0 Å². The molecule has 20 heavy (non-hydrogen) atoms. The zero-order valence-electron chi connectivity index (χ0n) is 10.3. The molecule has 0 aliphatic carbocycles. The second-order valence-electron chi connectivity index (χ2n) is 4.20. The molecule has 0 fully saturated rings. The molecule has 0 aliphatic heterocycles. The number of rotatable bonds is 3. The highest BCUT2D eigenvalue weighted by atomic mass is 79.9. The van der Waals surface area contributed by atoms with Gasteiger partial charge in [0.25, 0.3) is 0 Å². The number of hydrogen-bond acceptors (Lipinski definition) is 2. The van der Waals surface area contributed by atoms with E-state index in [-0.39, 0.29) is 11.7 Å². The summed E-state index contributed by atoms with van der Waals surface area (Å²) >= 11 is 4.75. The van der Waals surface area contributed by atoms with Gasteiger partial charge in [-0.2, -0.15) is 13.2 Å². The molecule has 0 aliphatic rings. The molecule has 7 heteroatoms. The van der Waals surface area contributed by atoms with E-state index in [9.17, 15) is 17.6 Å². The van der Waals surface area contributed by atoms with Crippen LogP contribution in [0.2, 0.25) is 0 Å². The number of anilines is 1. The Morgan fingerprint density at radius 3 is 2.45 bits per heavy atom. The molecular formula is C13H10BrF4NS. The summed E-state index contributed by atoms with van der Waals surface area (Å²) in [7, 11) is 0. The Balaban J connectivity index is 2.24. The summed E-state index contributed by atoms with van der Waals surface area (Å²) < 4.78 is 52.3. The minimum absolute atomic E-state index is 0.156. The molecule has 2 aromatic rings. The highest BCUT2D eigenvalue weighted by Gasteiger charge is 2.31. The molecule has 0 amide bonds. The molecule has 1 heterocycles. The summed E-state index contributed by atoms with van der Waals surface area (Å²) in [6, 6.07) is 5.71. The van der Waals surface area contributed by atoms with Gasteiger partial charge in [0, 0.05) is 4.88 Å². The van der Waals surface area contributed by atoms with Crippen LogP contribution in [-0.4, -0.2) is 0 Å². The molecular weight excluding hydrogens is 358 g/mol. The Morgan fingerprint density at radius 2 is 1.90 bits per heavy atom. The van der Waals surface area contributed by atoms with E-state index in [1.54, 1.807) is 6.92 Å². The Bertz CT molecular complexity index is 609. The van der Waals surface area contributed by atoms with Crippen molar-refractivity contribution in [2.45, 2.75) is 19.1 Å². The van der Waals surface area contributed by atoms with Gasteiger partial charge >= 0.3 is 6.18 Å². The van der Waals surface area contributed by atoms with Gasteiger partial charge in [0.05, 0.1) is 21.1 Å². The van der Waals surface area contributed by atoms with Crippen molar-refractivity contribution < 1.29 is 17.6 Å². The summed E-state index contributed by atoms with van der Waals surface area (Å²) in [5.74, 6) is -0.708. The highest BCUT2D eigenvalue weighted by Crippen LogP contribution is 2.34. The summed E-state index contributed by atoms with van der Waals surface area (Å²) in [5, 5.41) is 2.77. The van der Waals surface area contributed by atoms with Gasteiger partial charge in [0.15, 0.2) is 0 Å². The van der Waals surface area contributed by atoms with E-state index < -0.39 is 17.6 Å². The van der Waals surface area contributed by atoms with Crippen molar-refractivity contribution in [3.05, 3.63) is 50.4 Å². The first-order valence-electron chi connectivity index (χ1n) is 5.66. The molecule has 0 bridgehead atoms. The third kappa shape index (κ3) is 3.52. The lowest BCUT2D eigenvalue weighted by Crippen LogP contribution is -2.10. The van der Waals surface area contributed by atoms with Gasteiger partial charge in [0.2, 0.25) is 0 Å². The predicted octanol–water partition coefficient (Wildman–Crippen LogP) is 5.84. The van der Waals surface area contributed by atoms with E-state index in [1.807, 2.05) is 12.1 Å². The number of hydrogen-bond donors (Lipinski definition) is 1. The number of halogens is 5. The minimum atomic E-state index is -4.49. The van der Waals surface area contributed by atoms with E-state index in [4.69, 9.17) is 0 Å². The molecule has 1 atom stereocenters. The van der Waals surface area contributed by atoms with Crippen LogP contribution in [-0.2, 0) is 6.18 Å². The first-order chi connectivity index (χ1) is 9.27. The maximum absolute atomic E-state index is 13.6. The molecule has 108 valence electrons. The number of alkyl halides is 3. The van der Waals surface area contributed by atoms with E-state index in [0.717, 1.165) is 26.9 Å². The van der Waals surface area contributed by atoms with E-state index in [2.05, 4.69) is 21.2 Å². The SMILES string of the molecule is CC(Nc1cc(C(F)(F)F)ccc1F)c1ccc(Br)s1. The van der Waals surface area contributed by atoms with E-state index in [0.29, 0.717) is 0 Å². The summed E-state index contributed by atoms with van der Waals surface area (Å²) in [6.45, 7) is 1.76. The van der Waals surface area contributed by atoms with Gasteiger partial charge in [-0.15, -0.1) is 11.3 Å². The second-order valence-corrected chi connectivity index (χ2v) is 6.69. The highest BCUT2D eigenvalue weighted by molar-refractivity contribution is 9.11. The standard InChI is InChI=1S/C13H10BrF4NS/c1-7(11-4-5-12(14)20-11)19-10-6-8(13(16,17)18)2-3-9(10)15/h2-7,19H,1H3. The zero-order chi connectivity index (χ0) is 14.9. The summed E-state index contributed by atoms with van der Waals surface area (Å²) in [6.07, 6.45) is -4.49. The average Bonchev–Trinajstić information content (AvgIpc) is 2.77. The van der Waals surface area contributed by atoms with Gasteiger partial charge in [0.1, 0.15) is 5.82 Å². The molecule has 0 saturated heterocycles. The molecule has 2 rings (SSSR count). The maximum atomic E-state index is 13.6. The van der Waals surface area contributed by atoms with Crippen molar-refractivity contribution in [2.24, 2.45) is 0 Å². The first kappa shape index (κ1) is 15.3. The lowest BCUT2D eigenvalue weighted by Gasteiger charge is -2.16. The summed E-state index contributed by atoms with van der Waals surface area (Å²) in [4.78, 5) is 0.897. The molecule has 1 unspecified atom stereocenters. The minimum Gasteiger partial charge on any atom is -0.375 e. The van der Waals surface area contributed by atoms with Gasteiger partial charge in [-0.05, 0) is 53.2 Å². The third-order valence-electron chi connectivity index (χ3n) is 2.69. The average molecular weight is 368 g/mol. The zero-order valence-corrected chi connectivity index (χ0v) is 12.7. The molecule has 1 N–H and O–H groups in total. The molecule has 1 aromatic heterocycles. The maximum Gasteiger partial charge on any atom is 0.416 e. The quantitative estimate of drug-likeness (QED) is 0.671. The Kier molecular flexibility index (Phi) is 4.39. The summed E-state index contributed by atoms with van der Waals surface area (Å²) in [5.41, 5.74) is -1.03. The Hall–Kier alpha value is -1.08. The van der Waals surface area contributed by atoms with Gasteiger partial charge in [-0.3, -0.25) is 0 Å². The van der Waals surface area contributed by atoms with Crippen LogP contribution in [0.25, 0.3) is 0 Å². The van der Waals surface area contributed by atoms with Gasteiger partial charge in [-0.1, -0.05) is 0 Å². The van der Waals surface area contributed by atoms with Crippen molar-refractivity contribution in [1.29, 1.82) is 0 Å². The van der Waals surface area contributed by atoms with Crippen LogP contribution in [0, 0.1) is 5.82 Å². The van der Waals surface area contributed by atoms with Crippen LogP contribution < -0.4 is 5.32 Å². The molecule has 1 nitrogen and oxygen atoms in total. The Labute approximate surface area is 125 Å². The van der Waals surface area contributed by atoms with Crippen LogP contribution in [0.15, 0.2) is 34.1 Å². The lowest BCUT2D eigenvalue weighted by molar-refractivity contribution is -0.137. The van der Waals surface area contributed by atoms with Crippen LogP contribution in [0.3, 0.4) is 0 Å². The van der Waals surface area contributed by atoms with Crippen LogP contribution in [0.4, 0.5) is 23.2 Å². The normalized spacial score (nSPS) is 13.3. The number of thiophene rings is 1. The number of benzene rings is 1. The fraction of sp³-hybridized carbons (Fsp3) is 0.231. The largest absolute Gasteiger partial charge is 0.416 e. The first-order valence-corrected chi connectivity index (χ1v) is 7.27. The van der Waals surface area contributed by atoms with Crippen molar-refractivity contribution >= 4 is 33.0 Å². The third-order valence-corrected chi connectivity index (χ3v) is 4.49. The van der Waals surface area contributed by atoms with Crippen molar-refractivity contribution in [3.63, 3.8) is 0 Å². The smallest absolute Gasteiger partial charge is 0.375 e. The lowest BCUT2D eigenvalue weighted by atomic mass is 10.1. The van der Waals surface area contributed by atoms with Crippen LogP contribution in [0.5, 0.6) is 0 Å². The second kappa shape index (κ2) is 5.73. The molecule has 1 aromatic carbocycles. The van der Waals surface area contributed by atoms with Gasteiger partial charge < -0.3 is 5.32 Å². The van der Waals surface area contributed by atoms with Crippen molar-refractivity contribution in [2.75, 3.05) is 5.32 Å². The van der Waals surface area contributed by atoms with Crippen molar-refractivity contribution in [3.8, 4) is 0 Å². The van der Waals surface area contributed by atoms with E-state index in [1.165, 1.54) is 11.3 Å². The number of nitrogens with one attached hydrogen (secondary N) is 1. The fourth-order valence-corrected chi connectivity index (χ4v) is 3.10. The molecule has 0 spiro atoms.